The normalized spacial score (nSPS) is 43.0. The van der Waals surface area contributed by atoms with Crippen LogP contribution in [-0.2, 0) is 53.0 Å². The Hall–Kier alpha value is -1.74. The molecular formula is C30H46O16S2. The second kappa shape index (κ2) is 13.4. The third kappa shape index (κ3) is 7.20. The number of rotatable bonds is 11. The Morgan fingerprint density at radius 2 is 1.67 bits per heavy atom. The molecule has 1 aliphatic heterocycles. The van der Waals surface area contributed by atoms with E-state index in [1.54, 1.807) is 13.8 Å². The molecule has 5 fully saturated rings. The van der Waals surface area contributed by atoms with Gasteiger partial charge in [0.05, 0.1) is 24.7 Å². The van der Waals surface area contributed by atoms with Gasteiger partial charge in [0.1, 0.15) is 12.2 Å². The van der Waals surface area contributed by atoms with Crippen molar-refractivity contribution in [2.75, 3.05) is 6.61 Å². The third-order valence-corrected chi connectivity index (χ3v) is 12.4. The number of aliphatic hydroxyl groups is 2. The average Bonchev–Trinajstić information content (AvgIpc) is 3.12. The van der Waals surface area contributed by atoms with E-state index in [-0.39, 0.29) is 42.9 Å². The van der Waals surface area contributed by atoms with Gasteiger partial charge in [0.25, 0.3) is 0 Å². The van der Waals surface area contributed by atoms with Crippen molar-refractivity contribution in [3.63, 3.8) is 0 Å². The van der Waals surface area contributed by atoms with Crippen LogP contribution in [0.1, 0.15) is 72.1 Å². The number of fused-ring (bicyclic) bond motifs is 3. The molecule has 1 spiro atoms. The number of aliphatic carboxylic acids is 1. The van der Waals surface area contributed by atoms with Gasteiger partial charge in [-0.2, -0.15) is 16.8 Å². The monoisotopic (exact) mass is 726 g/mol. The van der Waals surface area contributed by atoms with Crippen molar-refractivity contribution >= 4 is 32.7 Å². The van der Waals surface area contributed by atoms with Crippen LogP contribution in [0.4, 0.5) is 0 Å². The Morgan fingerprint density at radius 3 is 2.25 bits per heavy atom. The number of carboxylic acids is 1. The maximum atomic E-state index is 12.9. The first-order chi connectivity index (χ1) is 22.2. The minimum absolute atomic E-state index is 0.0156. The van der Waals surface area contributed by atoms with Crippen LogP contribution in [0.3, 0.4) is 0 Å². The van der Waals surface area contributed by atoms with Gasteiger partial charge in [-0.05, 0) is 79.6 Å². The molecule has 0 aromatic rings. The first kappa shape index (κ1) is 37.5. The standard InChI is InChI=1S/C30H46O16S2/c1-14(2)9-22(32)44-25-24(46-48(39,40)41)23(45-47(36,37)38)20(13-31)43-28(25)42-17-10-18(27(34)35)19-7-8-30-11-16(15(3)26(30)33)5-6-21(30)29(19,4)12-17/h14,16-21,23-26,28,31,33H,3,5-13H2,1-2,4H3,(H,34,35)(H,36,37,38)(H,39,40,41)/t16-,17-,18-,19+,20-,21-,23-,24+,25-,26-,28-,29+,30+/m0/s1. The number of carbonyl (C=O) groups is 2. The van der Waals surface area contributed by atoms with Gasteiger partial charge in [0.2, 0.25) is 0 Å². The zero-order valence-electron chi connectivity index (χ0n) is 27.0. The predicted octanol–water partition coefficient (Wildman–Crippen LogP) is 1.67. The first-order valence-electron chi connectivity index (χ1n) is 16.2. The highest BCUT2D eigenvalue weighted by molar-refractivity contribution is 7.81. The first-order valence-corrected chi connectivity index (χ1v) is 18.9. The summed E-state index contributed by atoms with van der Waals surface area (Å²) in [6.07, 6.45) is -7.93. The molecule has 274 valence electrons. The van der Waals surface area contributed by atoms with Crippen molar-refractivity contribution in [1.29, 1.82) is 0 Å². The summed E-state index contributed by atoms with van der Waals surface area (Å²) in [6.45, 7) is 8.52. The number of carbonyl (C=O) groups excluding carboxylic acids is 1. The van der Waals surface area contributed by atoms with Crippen molar-refractivity contribution in [3.8, 4) is 0 Å². The molecule has 16 nitrogen and oxygen atoms in total. The van der Waals surface area contributed by atoms with Crippen LogP contribution >= 0.6 is 0 Å². The van der Waals surface area contributed by atoms with E-state index in [0.29, 0.717) is 12.8 Å². The number of hydrogen-bond acceptors (Lipinski definition) is 13. The second-order valence-electron chi connectivity index (χ2n) is 14.8. The highest BCUT2D eigenvalue weighted by atomic mass is 32.3. The molecule has 0 aromatic carbocycles. The van der Waals surface area contributed by atoms with Gasteiger partial charge in [-0.3, -0.25) is 18.7 Å². The largest absolute Gasteiger partial charge is 0.481 e. The van der Waals surface area contributed by atoms with Gasteiger partial charge in [-0.1, -0.05) is 27.4 Å². The summed E-state index contributed by atoms with van der Waals surface area (Å²) < 4.78 is 93.5. The Balaban J connectivity index is 1.51. The molecule has 13 atom stereocenters. The molecule has 5 aliphatic rings. The van der Waals surface area contributed by atoms with E-state index >= 15 is 0 Å². The van der Waals surface area contributed by atoms with Crippen LogP contribution in [-0.4, -0.2) is 103 Å². The van der Waals surface area contributed by atoms with Crippen LogP contribution in [0.15, 0.2) is 12.2 Å². The highest BCUT2D eigenvalue weighted by Crippen LogP contribution is 2.70. The summed E-state index contributed by atoms with van der Waals surface area (Å²) in [4.78, 5) is 25.7. The van der Waals surface area contributed by atoms with Gasteiger partial charge in [0, 0.05) is 11.8 Å². The lowest BCUT2D eigenvalue weighted by Gasteiger charge is -2.62. The molecule has 48 heavy (non-hydrogen) atoms. The van der Waals surface area contributed by atoms with E-state index in [0.717, 1.165) is 24.8 Å². The quantitative estimate of drug-likeness (QED) is 0.0879. The molecule has 18 heteroatoms. The molecule has 5 N–H and O–H groups in total. The van der Waals surface area contributed by atoms with Gasteiger partial charge in [-0.25, -0.2) is 8.37 Å². The summed E-state index contributed by atoms with van der Waals surface area (Å²) in [5, 5.41) is 32.0. The van der Waals surface area contributed by atoms with Crippen LogP contribution in [0.5, 0.6) is 0 Å². The Kier molecular flexibility index (Phi) is 10.5. The van der Waals surface area contributed by atoms with Gasteiger partial charge < -0.3 is 29.5 Å². The fourth-order valence-corrected chi connectivity index (χ4v) is 10.8. The van der Waals surface area contributed by atoms with Crippen LogP contribution < -0.4 is 0 Å². The van der Waals surface area contributed by atoms with E-state index in [4.69, 9.17) is 18.4 Å². The molecule has 1 saturated heterocycles. The minimum atomic E-state index is -5.42. The Labute approximate surface area is 280 Å². The van der Waals surface area contributed by atoms with E-state index in [1.807, 2.05) is 6.92 Å². The van der Waals surface area contributed by atoms with E-state index in [1.165, 1.54) is 0 Å². The average molecular weight is 727 g/mol. The van der Waals surface area contributed by atoms with Gasteiger partial charge in [0.15, 0.2) is 18.5 Å². The SMILES string of the molecule is C=C1[C@H]2CC[C@H]3[C@]4(C)C[C@@H](O[C@H]5O[C@@H](CO)[C@H](OS(=O)(=O)O)[C@@H](OS(=O)(=O)O)[C@@H]5OC(=O)CC(C)C)C[C@H](C(=O)O)[C@H]4CC[C@]3(C2)[C@H]1O. The highest BCUT2D eigenvalue weighted by Gasteiger charge is 2.67. The lowest BCUT2D eigenvalue weighted by molar-refractivity contribution is -0.316. The number of esters is 1. The van der Waals surface area contributed by atoms with E-state index in [2.05, 4.69) is 10.8 Å². The molecule has 4 saturated carbocycles. The number of aliphatic hydroxyl groups excluding tert-OH is 2. The minimum Gasteiger partial charge on any atom is -0.481 e. The van der Waals surface area contributed by atoms with E-state index < -0.39 is 99.0 Å². The zero-order valence-corrected chi connectivity index (χ0v) is 28.7. The van der Waals surface area contributed by atoms with Crippen molar-refractivity contribution in [2.24, 2.45) is 40.4 Å². The maximum absolute atomic E-state index is 12.9. The summed E-state index contributed by atoms with van der Waals surface area (Å²) in [7, 11) is -10.8. The lowest BCUT2D eigenvalue weighted by atomic mass is 9.43. The lowest BCUT2D eigenvalue weighted by Crippen LogP contribution is -2.64. The zero-order chi connectivity index (χ0) is 35.6. The molecule has 1 heterocycles. The second-order valence-corrected chi connectivity index (χ2v) is 16.9. The Bertz CT molecular complexity index is 1480. The molecule has 0 amide bonds. The van der Waals surface area contributed by atoms with Crippen molar-refractivity contribution in [3.05, 3.63) is 12.2 Å². The molecule has 4 aliphatic carbocycles. The van der Waals surface area contributed by atoms with Gasteiger partial charge in [-0.15, -0.1) is 0 Å². The van der Waals surface area contributed by atoms with Crippen molar-refractivity contribution in [1.82, 2.24) is 0 Å². The number of ether oxygens (including phenoxy) is 3. The van der Waals surface area contributed by atoms with Crippen molar-refractivity contribution in [2.45, 2.75) is 115 Å². The summed E-state index contributed by atoms with van der Waals surface area (Å²) in [5.41, 5.74) is -0.319. The fourth-order valence-electron chi connectivity index (χ4n) is 9.82. The molecule has 2 bridgehead atoms. The number of hydrogen-bond donors (Lipinski definition) is 5. The fraction of sp³-hybridized carbons (Fsp3) is 0.867. The smallest absolute Gasteiger partial charge is 0.397 e. The predicted molar refractivity (Wildman–Crippen MR) is 162 cm³/mol. The molecule has 5 rings (SSSR count). The topological polar surface area (TPSA) is 250 Å². The van der Waals surface area contributed by atoms with Gasteiger partial charge >= 0.3 is 32.7 Å². The van der Waals surface area contributed by atoms with Crippen LogP contribution in [0, 0.1) is 40.4 Å². The summed E-state index contributed by atoms with van der Waals surface area (Å²) in [6, 6.07) is 0. The van der Waals surface area contributed by atoms with E-state index in [9.17, 15) is 50.8 Å². The third-order valence-electron chi connectivity index (χ3n) is 11.5. The van der Waals surface area contributed by atoms with Crippen LogP contribution in [0.2, 0.25) is 0 Å². The summed E-state index contributed by atoms with van der Waals surface area (Å²) in [5.74, 6) is -3.25. The Morgan fingerprint density at radius 1 is 1.02 bits per heavy atom. The van der Waals surface area contributed by atoms with Crippen LogP contribution in [0.25, 0.3) is 0 Å². The molecule has 0 unspecified atom stereocenters. The maximum Gasteiger partial charge on any atom is 0.397 e. The summed E-state index contributed by atoms with van der Waals surface area (Å²) >= 11 is 0. The molecular weight excluding hydrogens is 680 g/mol. The van der Waals surface area contributed by atoms with Crippen molar-refractivity contribution < 1.29 is 73.4 Å². The molecule has 0 aromatic heterocycles. The number of carboxylic acid groups (broad SMARTS) is 1. The molecule has 0 radical (unpaired) electrons.